The van der Waals surface area contributed by atoms with Gasteiger partial charge in [-0.25, -0.2) is 4.79 Å². The van der Waals surface area contributed by atoms with Gasteiger partial charge >= 0.3 is 5.97 Å². The normalized spacial score (nSPS) is 9.21. The summed E-state index contributed by atoms with van der Waals surface area (Å²) >= 11 is 0. The average molecular weight is 197 g/mol. The summed E-state index contributed by atoms with van der Waals surface area (Å²) in [7, 11) is 0. The number of hydrogen-bond acceptors (Lipinski definition) is 4. The minimum absolute atomic E-state index is 0.0868. The van der Waals surface area contributed by atoms with Gasteiger partial charge in [0.15, 0.2) is 5.78 Å². The number of carbonyl (C=O) groups is 2. The van der Waals surface area contributed by atoms with Gasteiger partial charge in [-0.15, -0.1) is 0 Å². The van der Waals surface area contributed by atoms with Crippen molar-refractivity contribution in [3.8, 4) is 0 Å². The fraction of sp³-hybridized carbons (Fsp3) is 0.400. The molecule has 0 aliphatic heterocycles. The highest BCUT2D eigenvalue weighted by molar-refractivity contribution is 5.90. The zero-order chi connectivity index (χ0) is 11.0. The molecule has 0 aliphatic rings. The van der Waals surface area contributed by atoms with Crippen LogP contribution in [0.1, 0.15) is 6.92 Å². The molecule has 0 unspecified atom stereocenters. The van der Waals surface area contributed by atoms with E-state index in [1.54, 1.807) is 6.92 Å². The van der Waals surface area contributed by atoms with Crippen LogP contribution in [0.25, 0.3) is 0 Å². The van der Waals surface area contributed by atoms with E-state index in [2.05, 4.69) is 18.5 Å². The third kappa shape index (κ3) is 6.14. The first-order chi connectivity index (χ1) is 6.57. The van der Waals surface area contributed by atoms with Crippen LogP contribution < -0.4 is 5.32 Å². The Hall–Kier alpha value is -1.42. The van der Waals surface area contributed by atoms with Gasteiger partial charge in [-0.3, -0.25) is 4.79 Å². The largest absolute Gasteiger partial charge is 0.461 e. The van der Waals surface area contributed by atoms with Crippen molar-refractivity contribution in [3.63, 3.8) is 0 Å². The number of nitrogens with one attached hydrogen (secondary N) is 1. The molecule has 0 aromatic rings. The monoisotopic (exact) mass is 197 g/mol. The SMILES string of the molecule is C=CC(=O)CNCCOC(=O)C(=C)C. The molecule has 0 bridgehead atoms. The number of hydrogen-bond donors (Lipinski definition) is 1. The van der Waals surface area contributed by atoms with Crippen LogP contribution in [-0.4, -0.2) is 31.4 Å². The first kappa shape index (κ1) is 12.6. The Bertz CT molecular complexity index is 246. The second kappa shape index (κ2) is 7.03. The Morgan fingerprint density at radius 3 is 2.64 bits per heavy atom. The van der Waals surface area contributed by atoms with E-state index in [1.165, 1.54) is 6.08 Å². The fourth-order valence-electron chi connectivity index (χ4n) is 0.623. The number of rotatable bonds is 7. The van der Waals surface area contributed by atoms with Crippen LogP contribution in [0.3, 0.4) is 0 Å². The quantitative estimate of drug-likeness (QED) is 0.366. The Kier molecular flexibility index (Phi) is 6.32. The van der Waals surface area contributed by atoms with Gasteiger partial charge in [-0.1, -0.05) is 13.2 Å². The summed E-state index contributed by atoms with van der Waals surface area (Å²) in [4.78, 5) is 21.6. The Morgan fingerprint density at radius 1 is 1.50 bits per heavy atom. The van der Waals surface area contributed by atoms with Crippen LogP contribution in [0.2, 0.25) is 0 Å². The van der Waals surface area contributed by atoms with Crippen molar-refractivity contribution in [2.24, 2.45) is 0 Å². The number of ketones is 1. The highest BCUT2D eigenvalue weighted by Crippen LogP contribution is 1.90. The van der Waals surface area contributed by atoms with Gasteiger partial charge in [0.2, 0.25) is 0 Å². The standard InChI is InChI=1S/C10H15NO3/c1-4-9(12)7-11-5-6-14-10(13)8(2)3/h4,11H,1-2,5-7H2,3H3. The van der Waals surface area contributed by atoms with Crippen LogP contribution in [-0.2, 0) is 14.3 Å². The maximum Gasteiger partial charge on any atom is 0.333 e. The molecule has 14 heavy (non-hydrogen) atoms. The zero-order valence-corrected chi connectivity index (χ0v) is 8.34. The number of ether oxygens (including phenoxy) is 1. The minimum Gasteiger partial charge on any atom is -0.461 e. The van der Waals surface area contributed by atoms with Gasteiger partial charge in [0.1, 0.15) is 6.61 Å². The van der Waals surface area contributed by atoms with Gasteiger partial charge < -0.3 is 10.1 Å². The molecule has 4 nitrogen and oxygen atoms in total. The fourth-order valence-corrected chi connectivity index (χ4v) is 0.623. The number of esters is 1. The van der Waals surface area contributed by atoms with Crippen molar-refractivity contribution in [3.05, 3.63) is 24.8 Å². The molecular weight excluding hydrogens is 182 g/mol. The molecule has 0 amide bonds. The Labute approximate surface area is 83.6 Å². The van der Waals surface area contributed by atoms with E-state index in [4.69, 9.17) is 4.74 Å². The molecule has 1 N–H and O–H groups in total. The van der Waals surface area contributed by atoms with E-state index < -0.39 is 5.97 Å². The van der Waals surface area contributed by atoms with Crippen LogP contribution in [0.15, 0.2) is 24.8 Å². The molecule has 0 radical (unpaired) electrons. The summed E-state index contributed by atoms with van der Waals surface area (Å²) in [6.45, 7) is 9.23. The van der Waals surface area contributed by atoms with Crippen molar-refractivity contribution in [2.45, 2.75) is 6.92 Å². The molecular formula is C10H15NO3. The van der Waals surface area contributed by atoms with Crippen molar-refractivity contribution >= 4 is 11.8 Å². The molecule has 0 fully saturated rings. The van der Waals surface area contributed by atoms with E-state index >= 15 is 0 Å². The van der Waals surface area contributed by atoms with Gasteiger partial charge in [-0.05, 0) is 13.0 Å². The molecule has 0 rings (SSSR count). The minimum atomic E-state index is -0.415. The first-order valence-corrected chi connectivity index (χ1v) is 4.26. The van der Waals surface area contributed by atoms with Crippen LogP contribution in [0, 0.1) is 0 Å². The van der Waals surface area contributed by atoms with E-state index in [-0.39, 0.29) is 18.9 Å². The lowest BCUT2D eigenvalue weighted by molar-refractivity contribution is -0.138. The van der Waals surface area contributed by atoms with Crippen molar-refractivity contribution in [2.75, 3.05) is 19.7 Å². The predicted octanol–water partition coefficient (Wildman–Crippen LogP) is 0.450. The second-order valence-corrected chi connectivity index (χ2v) is 2.76. The van der Waals surface area contributed by atoms with E-state index in [0.29, 0.717) is 12.1 Å². The Balaban J connectivity index is 3.38. The van der Waals surface area contributed by atoms with Crippen molar-refractivity contribution < 1.29 is 14.3 Å². The number of carbonyl (C=O) groups excluding carboxylic acids is 2. The maximum atomic E-state index is 10.9. The lowest BCUT2D eigenvalue weighted by Crippen LogP contribution is -2.26. The Morgan fingerprint density at radius 2 is 2.14 bits per heavy atom. The van der Waals surface area contributed by atoms with Crippen LogP contribution in [0.5, 0.6) is 0 Å². The van der Waals surface area contributed by atoms with Crippen molar-refractivity contribution in [1.82, 2.24) is 5.32 Å². The third-order valence-electron chi connectivity index (χ3n) is 1.39. The van der Waals surface area contributed by atoms with E-state index in [9.17, 15) is 9.59 Å². The molecule has 0 atom stereocenters. The molecule has 0 saturated heterocycles. The molecule has 0 saturated carbocycles. The van der Waals surface area contributed by atoms with Gasteiger partial charge in [0, 0.05) is 12.1 Å². The van der Waals surface area contributed by atoms with Crippen LogP contribution >= 0.6 is 0 Å². The molecule has 0 spiro atoms. The summed E-state index contributed by atoms with van der Waals surface area (Å²) in [6.07, 6.45) is 1.24. The third-order valence-corrected chi connectivity index (χ3v) is 1.39. The summed E-state index contributed by atoms with van der Waals surface area (Å²) in [6, 6.07) is 0. The lowest BCUT2D eigenvalue weighted by Gasteiger charge is -2.04. The first-order valence-electron chi connectivity index (χ1n) is 4.26. The molecule has 4 heteroatoms. The highest BCUT2D eigenvalue weighted by Gasteiger charge is 2.01. The van der Waals surface area contributed by atoms with Gasteiger partial charge in [0.25, 0.3) is 0 Å². The molecule has 0 aromatic heterocycles. The molecule has 0 aliphatic carbocycles. The van der Waals surface area contributed by atoms with E-state index in [1.807, 2.05) is 0 Å². The smallest absolute Gasteiger partial charge is 0.333 e. The maximum absolute atomic E-state index is 10.9. The van der Waals surface area contributed by atoms with E-state index in [0.717, 1.165) is 0 Å². The predicted molar refractivity (Wildman–Crippen MR) is 53.8 cm³/mol. The van der Waals surface area contributed by atoms with Gasteiger partial charge in [0.05, 0.1) is 6.54 Å². The summed E-state index contributed by atoms with van der Waals surface area (Å²) in [5, 5.41) is 2.80. The second-order valence-electron chi connectivity index (χ2n) is 2.76. The zero-order valence-electron chi connectivity index (χ0n) is 8.34. The van der Waals surface area contributed by atoms with Gasteiger partial charge in [-0.2, -0.15) is 0 Å². The molecule has 78 valence electrons. The lowest BCUT2D eigenvalue weighted by atomic mass is 10.4. The summed E-state index contributed by atoms with van der Waals surface area (Å²) < 4.78 is 4.78. The van der Waals surface area contributed by atoms with Crippen molar-refractivity contribution in [1.29, 1.82) is 0 Å². The van der Waals surface area contributed by atoms with Crippen LogP contribution in [0.4, 0.5) is 0 Å². The topological polar surface area (TPSA) is 55.4 Å². The highest BCUT2D eigenvalue weighted by atomic mass is 16.5. The summed E-state index contributed by atoms with van der Waals surface area (Å²) in [5.41, 5.74) is 0.368. The average Bonchev–Trinajstić information content (AvgIpc) is 2.16. The molecule has 0 heterocycles. The molecule has 0 aromatic carbocycles. The summed E-state index contributed by atoms with van der Waals surface area (Å²) in [5.74, 6) is -0.502.